The normalized spacial score (nSPS) is 14.9. The van der Waals surface area contributed by atoms with E-state index in [0.29, 0.717) is 35.5 Å². The smallest absolute Gasteiger partial charge is 0.257 e. The highest BCUT2D eigenvalue weighted by Crippen LogP contribution is 2.26. The fourth-order valence-corrected chi connectivity index (χ4v) is 3.06. The molecule has 1 heterocycles. The number of ether oxygens (including phenoxy) is 2. The number of nitrogens with zero attached hydrogens (tertiary/aromatic N) is 1. The molecule has 5 nitrogen and oxygen atoms in total. The molecule has 0 aromatic heterocycles. The molecule has 142 valence electrons. The van der Waals surface area contributed by atoms with Gasteiger partial charge in [-0.2, -0.15) is 0 Å². The first-order chi connectivity index (χ1) is 11.7. The van der Waals surface area contributed by atoms with Crippen LogP contribution < -0.4 is 10.1 Å². The fourth-order valence-electron chi connectivity index (χ4n) is 2.89. The molecule has 1 aromatic carbocycles. The summed E-state index contributed by atoms with van der Waals surface area (Å²) in [6.07, 6.45) is 2.05. The van der Waals surface area contributed by atoms with Gasteiger partial charge in [0.25, 0.3) is 5.91 Å². The standard InChI is InChI=1S/C18H27ClN2O3.ClH/c1-3-20-13-14-6-8-21(9-7-14)18(22)16-12-15(19)4-5-17(16)24-11-10-23-2;/h4-5,12,14,20H,3,6-11,13H2,1-2H3;1H. The lowest BCUT2D eigenvalue weighted by Gasteiger charge is -2.32. The molecule has 0 bridgehead atoms. The van der Waals surface area contributed by atoms with Crippen molar-refractivity contribution in [1.29, 1.82) is 0 Å². The summed E-state index contributed by atoms with van der Waals surface area (Å²) in [4.78, 5) is 14.8. The number of carbonyl (C=O) groups is 1. The molecule has 7 heteroatoms. The first-order valence-corrected chi connectivity index (χ1v) is 8.94. The van der Waals surface area contributed by atoms with Crippen LogP contribution in [0, 0.1) is 5.92 Å². The van der Waals surface area contributed by atoms with E-state index < -0.39 is 0 Å². The third-order valence-electron chi connectivity index (χ3n) is 4.30. The van der Waals surface area contributed by atoms with Gasteiger partial charge in [-0.05, 0) is 50.0 Å². The third kappa shape index (κ3) is 6.66. The summed E-state index contributed by atoms with van der Waals surface area (Å²) in [6, 6.07) is 5.18. The molecule has 1 N–H and O–H groups in total. The van der Waals surface area contributed by atoms with Crippen molar-refractivity contribution in [2.24, 2.45) is 5.92 Å². The molecule has 0 atom stereocenters. The van der Waals surface area contributed by atoms with Crippen molar-refractivity contribution in [3.63, 3.8) is 0 Å². The lowest BCUT2D eigenvalue weighted by atomic mass is 9.96. The van der Waals surface area contributed by atoms with E-state index in [-0.39, 0.29) is 18.3 Å². The van der Waals surface area contributed by atoms with Gasteiger partial charge < -0.3 is 19.7 Å². The van der Waals surface area contributed by atoms with Crippen LogP contribution in [0.2, 0.25) is 5.02 Å². The Kier molecular flexibility index (Phi) is 10.2. The first kappa shape index (κ1) is 22.0. The van der Waals surface area contributed by atoms with Gasteiger partial charge in [-0.15, -0.1) is 12.4 Å². The largest absolute Gasteiger partial charge is 0.490 e. The van der Waals surface area contributed by atoms with Gasteiger partial charge in [0.1, 0.15) is 12.4 Å². The zero-order valence-electron chi connectivity index (χ0n) is 14.9. The molecule has 1 aliphatic heterocycles. The van der Waals surface area contributed by atoms with Crippen LogP contribution >= 0.6 is 24.0 Å². The summed E-state index contributed by atoms with van der Waals surface area (Å²) in [5.74, 6) is 1.20. The van der Waals surface area contributed by atoms with E-state index >= 15 is 0 Å². The molecule has 0 spiro atoms. The van der Waals surface area contributed by atoms with E-state index in [4.69, 9.17) is 21.1 Å². The van der Waals surface area contributed by atoms with Gasteiger partial charge in [0.05, 0.1) is 12.2 Å². The number of rotatable bonds is 8. The van der Waals surface area contributed by atoms with Crippen LogP contribution in [-0.4, -0.2) is 57.3 Å². The van der Waals surface area contributed by atoms with E-state index in [0.717, 1.165) is 39.0 Å². The molecular weight excluding hydrogens is 363 g/mol. The topological polar surface area (TPSA) is 50.8 Å². The number of hydrogen-bond donors (Lipinski definition) is 1. The van der Waals surface area contributed by atoms with Crippen molar-refractivity contribution in [3.8, 4) is 5.75 Å². The number of hydrogen-bond acceptors (Lipinski definition) is 4. The zero-order chi connectivity index (χ0) is 17.4. The SMILES string of the molecule is CCNCC1CCN(C(=O)c2cc(Cl)ccc2OCCOC)CC1.Cl. The van der Waals surface area contributed by atoms with Crippen LogP contribution in [0.3, 0.4) is 0 Å². The van der Waals surface area contributed by atoms with Crippen LogP contribution in [0.5, 0.6) is 5.75 Å². The predicted octanol–water partition coefficient (Wildman–Crippen LogP) is 3.25. The molecule has 1 aromatic rings. The Labute approximate surface area is 161 Å². The Hall–Kier alpha value is -1.01. The molecule has 1 saturated heterocycles. The average Bonchev–Trinajstić information content (AvgIpc) is 2.61. The number of nitrogens with one attached hydrogen (secondary N) is 1. The monoisotopic (exact) mass is 390 g/mol. The Balaban J connectivity index is 0.00000312. The minimum absolute atomic E-state index is 0. The highest BCUT2D eigenvalue weighted by atomic mass is 35.5. The molecule has 1 fully saturated rings. The minimum atomic E-state index is -0.00758. The van der Waals surface area contributed by atoms with Crippen molar-refractivity contribution in [2.45, 2.75) is 19.8 Å². The molecule has 0 saturated carbocycles. The van der Waals surface area contributed by atoms with Crippen LogP contribution in [0.25, 0.3) is 0 Å². The second kappa shape index (κ2) is 11.6. The van der Waals surface area contributed by atoms with Crippen molar-refractivity contribution in [3.05, 3.63) is 28.8 Å². The summed E-state index contributed by atoms with van der Waals surface area (Å²) in [5.41, 5.74) is 0.531. The zero-order valence-corrected chi connectivity index (χ0v) is 16.5. The fraction of sp³-hybridized carbons (Fsp3) is 0.611. The van der Waals surface area contributed by atoms with Gasteiger partial charge in [-0.3, -0.25) is 4.79 Å². The van der Waals surface area contributed by atoms with Crippen molar-refractivity contribution in [1.82, 2.24) is 10.2 Å². The molecule has 1 amide bonds. The summed E-state index contributed by atoms with van der Waals surface area (Å²) in [5, 5.41) is 3.93. The molecule has 0 unspecified atom stereocenters. The molecule has 0 aliphatic carbocycles. The Bertz CT molecular complexity index is 535. The van der Waals surface area contributed by atoms with Gasteiger partial charge in [-0.25, -0.2) is 0 Å². The average molecular weight is 391 g/mol. The van der Waals surface area contributed by atoms with Gasteiger partial charge in [0.15, 0.2) is 0 Å². The van der Waals surface area contributed by atoms with Crippen molar-refractivity contribution < 1.29 is 14.3 Å². The van der Waals surface area contributed by atoms with E-state index in [1.165, 1.54) is 0 Å². The Morgan fingerprint density at radius 1 is 1.32 bits per heavy atom. The maximum Gasteiger partial charge on any atom is 0.257 e. The van der Waals surface area contributed by atoms with Gasteiger partial charge >= 0.3 is 0 Å². The van der Waals surface area contributed by atoms with Gasteiger partial charge in [-0.1, -0.05) is 18.5 Å². The Morgan fingerprint density at radius 2 is 2.04 bits per heavy atom. The van der Waals surface area contributed by atoms with E-state index in [2.05, 4.69) is 12.2 Å². The molecule has 1 aliphatic rings. The number of benzene rings is 1. The van der Waals surface area contributed by atoms with E-state index in [9.17, 15) is 4.79 Å². The second-order valence-corrected chi connectivity index (χ2v) is 6.46. The van der Waals surface area contributed by atoms with Crippen molar-refractivity contribution >= 4 is 29.9 Å². The van der Waals surface area contributed by atoms with E-state index in [1.54, 1.807) is 25.3 Å². The number of carbonyl (C=O) groups excluding carboxylic acids is 1. The van der Waals surface area contributed by atoms with Crippen LogP contribution in [0.1, 0.15) is 30.1 Å². The van der Waals surface area contributed by atoms with Crippen LogP contribution in [0.15, 0.2) is 18.2 Å². The van der Waals surface area contributed by atoms with Crippen LogP contribution in [0.4, 0.5) is 0 Å². The lowest BCUT2D eigenvalue weighted by molar-refractivity contribution is 0.0683. The summed E-state index contributed by atoms with van der Waals surface area (Å²) in [7, 11) is 1.62. The number of amides is 1. The molecule has 2 rings (SSSR count). The van der Waals surface area contributed by atoms with Gasteiger partial charge in [0, 0.05) is 25.2 Å². The maximum atomic E-state index is 12.9. The minimum Gasteiger partial charge on any atom is -0.490 e. The highest BCUT2D eigenvalue weighted by molar-refractivity contribution is 6.31. The predicted molar refractivity (Wildman–Crippen MR) is 103 cm³/mol. The third-order valence-corrected chi connectivity index (χ3v) is 4.54. The van der Waals surface area contributed by atoms with Gasteiger partial charge in [0.2, 0.25) is 0 Å². The highest BCUT2D eigenvalue weighted by Gasteiger charge is 2.25. The summed E-state index contributed by atoms with van der Waals surface area (Å²) in [6.45, 7) is 6.57. The maximum absolute atomic E-state index is 12.9. The number of methoxy groups -OCH3 is 1. The summed E-state index contributed by atoms with van der Waals surface area (Å²) >= 11 is 6.08. The molecular formula is C18H28Cl2N2O3. The molecule has 25 heavy (non-hydrogen) atoms. The lowest BCUT2D eigenvalue weighted by Crippen LogP contribution is -2.40. The van der Waals surface area contributed by atoms with Crippen molar-refractivity contribution in [2.75, 3.05) is 46.5 Å². The number of piperidine rings is 1. The number of likely N-dealkylation sites (tertiary alicyclic amines) is 1. The van der Waals surface area contributed by atoms with E-state index in [1.807, 2.05) is 4.90 Å². The summed E-state index contributed by atoms with van der Waals surface area (Å²) < 4.78 is 10.7. The van der Waals surface area contributed by atoms with Crippen LogP contribution in [-0.2, 0) is 4.74 Å². The Morgan fingerprint density at radius 3 is 2.68 bits per heavy atom. The number of halogens is 2. The quantitative estimate of drug-likeness (QED) is 0.692. The first-order valence-electron chi connectivity index (χ1n) is 8.57. The molecule has 0 radical (unpaired) electrons. The second-order valence-electron chi connectivity index (χ2n) is 6.02.